The maximum absolute atomic E-state index is 12.3. The number of nitrogens with one attached hydrogen (secondary N) is 2. The molecule has 0 spiro atoms. The summed E-state index contributed by atoms with van der Waals surface area (Å²) in [5.74, 6) is 0.943. The van der Waals surface area contributed by atoms with Gasteiger partial charge in [0.05, 0.1) is 11.9 Å². The fraction of sp³-hybridized carbons (Fsp3) is 0.562. The van der Waals surface area contributed by atoms with E-state index in [-0.39, 0.29) is 17.4 Å². The van der Waals surface area contributed by atoms with Gasteiger partial charge in [0.25, 0.3) is 10.0 Å². The Kier molecular flexibility index (Phi) is 6.06. The normalized spacial score (nSPS) is 13.0. The first kappa shape index (κ1) is 20.0. The highest BCUT2D eigenvalue weighted by Crippen LogP contribution is 2.22. The molecule has 2 amide bonds. The maximum atomic E-state index is 12.3. The molecule has 1 unspecified atom stereocenters. The highest BCUT2D eigenvalue weighted by atomic mass is 32.2. The fourth-order valence-corrected chi connectivity index (χ4v) is 3.60. The molecule has 2 rings (SSSR count). The Morgan fingerprint density at radius 2 is 2.00 bits per heavy atom. The van der Waals surface area contributed by atoms with Crippen LogP contribution >= 0.6 is 0 Å². The highest BCUT2D eigenvalue weighted by Gasteiger charge is 2.21. The quantitative estimate of drug-likeness (QED) is 0.754. The summed E-state index contributed by atoms with van der Waals surface area (Å²) in [5, 5.41) is 10.4. The Bertz CT molecular complexity index is 850. The molecule has 26 heavy (non-hydrogen) atoms. The predicted octanol–water partition coefficient (Wildman–Crippen LogP) is 1.94. The van der Waals surface area contributed by atoms with Crippen LogP contribution in [0.3, 0.4) is 0 Å². The van der Waals surface area contributed by atoms with Crippen LogP contribution in [0.4, 0.5) is 4.79 Å². The molecule has 0 saturated carbocycles. The first-order valence-corrected chi connectivity index (χ1v) is 9.84. The number of carbonyl (C=O) groups is 1. The van der Waals surface area contributed by atoms with Gasteiger partial charge >= 0.3 is 6.03 Å². The molecule has 0 aliphatic carbocycles. The lowest BCUT2D eigenvalue weighted by Crippen LogP contribution is -2.40. The molecule has 1 atom stereocenters. The Morgan fingerprint density at radius 3 is 2.58 bits per heavy atom. The van der Waals surface area contributed by atoms with Crippen molar-refractivity contribution in [2.45, 2.75) is 52.0 Å². The number of amides is 2. The van der Waals surface area contributed by atoms with Crippen molar-refractivity contribution >= 4 is 16.1 Å². The van der Waals surface area contributed by atoms with Crippen LogP contribution < -0.4 is 10.0 Å². The molecule has 0 aliphatic rings. The lowest BCUT2D eigenvalue weighted by Gasteiger charge is -2.13. The minimum atomic E-state index is -3.97. The summed E-state index contributed by atoms with van der Waals surface area (Å²) < 4.78 is 33.2. The zero-order valence-electron chi connectivity index (χ0n) is 15.6. The number of aromatic nitrogens is 3. The topological polar surface area (TPSA) is 119 Å². The van der Waals surface area contributed by atoms with Crippen LogP contribution in [0.2, 0.25) is 0 Å². The second-order valence-electron chi connectivity index (χ2n) is 6.75. The molecule has 2 aromatic rings. The molecule has 0 bridgehead atoms. The summed E-state index contributed by atoms with van der Waals surface area (Å²) in [6.45, 7) is 10.4. The van der Waals surface area contributed by atoms with Crippen molar-refractivity contribution in [1.29, 1.82) is 0 Å². The van der Waals surface area contributed by atoms with E-state index in [2.05, 4.69) is 15.6 Å². The van der Waals surface area contributed by atoms with E-state index in [4.69, 9.17) is 4.52 Å². The van der Waals surface area contributed by atoms with Gasteiger partial charge in [0.1, 0.15) is 10.7 Å². The molecule has 0 aliphatic heterocycles. The van der Waals surface area contributed by atoms with Gasteiger partial charge in [-0.15, -0.1) is 0 Å². The minimum absolute atomic E-state index is 0.0490. The van der Waals surface area contributed by atoms with Crippen molar-refractivity contribution in [1.82, 2.24) is 25.0 Å². The van der Waals surface area contributed by atoms with Crippen LogP contribution in [0.5, 0.6) is 0 Å². The smallest absolute Gasteiger partial charge is 0.328 e. The third-order valence-corrected chi connectivity index (χ3v) is 5.13. The maximum Gasteiger partial charge on any atom is 0.328 e. The van der Waals surface area contributed by atoms with Crippen molar-refractivity contribution < 1.29 is 17.7 Å². The van der Waals surface area contributed by atoms with E-state index < -0.39 is 16.1 Å². The summed E-state index contributed by atoms with van der Waals surface area (Å²) in [5.41, 5.74) is 1.66. The third kappa shape index (κ3) is 4.84. The number of rotatable bonds is 7. The number of hydrogen-bond donors (Lipinski definition) is 2. The van der Waals surface area contributed by atoms with E-state index >= 15 is 0 Å². The SMILES string of the molecule is Cc1noc(C)c1C(C)CNC(=O)NS(=O)(=O)c1cnn(CC(C)C)c1. The van der Waals surface area contributed by atoms with Gasteiger partial charge in [0.2, 0.25) is 0 Å². The highest BCUT2D eigenvalue weighted by molar-refractivity contribution is 7.90. The lowest BCUT2D eigenvalue weighted by molar-refractivity contribution is 0.245. The number of nitrogens with zero attached hydrogens (tertiary/aromatic N) is 3. The van der Waals surface area contributed by atoms with Gasteiger partial charge in [-0.25, -0.2) is 17.9 Å². The van der Waals surface area contributed by atoms with Gasteiger partial charge < -0.3 is 9.84 Å². The number of aryl methyl sites for hydroxylation is 2. The molecule has 0 aromatic carbocycles. The molecule has 2 heterocycles. The number of carbonyl (C=O) groups excluding carboxylic acids is 1. The lowest BCUT2D eigenvalue weighted by atomic mass is 10.00. The molecule has 2 aromatic heterocycles. The Hall–Kier alpha value is -2.36. The summed E-state index contributed by atoms with van der Waals surface area (Å²) in [6.07, 6.45) is 2.63. The fourth-order valence-electron chi connectivity index (χ4n) is 2.72. The van der Waals surface area contributed by atoms with Crippen LogP contribution in [0, 0.1) is 19.8 Å². The van der Waals surface area contributed by atoms with Crippen molar-refractivity contribution in [3.05, 3.63) is 29.4 Å². The van der Waals surface area contributed by atoms with Crippen molar-refractivity contribution in [2.24, 2.45) is 5.92 Å². The van der Waals surface area contributed by atoms with Gasteiger partial charge in [-0.05, 0) is 19.8 Å². The third-order valence-electron chi connectivity index (χ3n) is 3.85. The summed E-state index contributed by atoms with van der Waals surface area (Å²) in [6, 6.07) is -0.791. The zero-order chi connectivity index (χ0) is 19.5. The van der Waals surface area contributed by atoms with Gasteiger partial charge in [0.15, 0.2) is 0 Å². The van der Waals surface area contributed by atoms with Crippen LogP contribution in [0.1, 0.15) is 43.7 Å². The zero-order valence-corrected chi connectivity index (χ0v) is 16.4. The van der Waals surface area contributed by atoms with Crippen LogP contribution in [0.15, 0.2) is 21.8 Å². The molecule has 10 heteroatoms. The molecule has 0 fully saturated rings. The molecular formula is C16H25N5O4S. The van der Waals surface area contributed by atoms with E-state index in [0.717, 1.165) is 11.3 Å². The van der Waals surface area contributed by atoms with Gasteiger partial charge in [-0.2, -0.15) is 5.10 Å². The van der Waals surface area contributed by atoms with Gasteiger partial charge in [0, 0.05) is 30.8 Å². The summed E-state index contributed by atoms with van der Waals surface area (Å²) in [7, 11) is -3.97. The number of urea groups is 1. The second-order valence-corrected chi connectivity index (χ2v) is 8.43. The molecule has 0 saturated heterocycles. The van der Waals surface area contributed by atoms with E-state index in [1.54, 1.807) is 6.92 Å². The van der Waals surface area contributed by atoms with Crippen molar-refractivity contribution in [3.8, 4) is 0 Å². The first-order chi connectivity index (χ1) is 12.1. The van der Waals surface area contributed by atoms with E-state index in [1.807, 2.05) is 32.4 Å². The van der Waals surface area contributed by atoms with Gasteiger partial charge in [-0.3, -0.25) is 4.68 Å². The van der Waals surface area contributed by atoms with E-state index in [9.17, 15) is 13.2 Å². The van der Waals surface area contributed by atoms with Crippen LogP contribution in [-0.4, -0.2) is 35.9 Å². The number of hydrogen-bond acceptors (Lipinski definition) is 6. The Balaban J connectivity index is 1.95. The van der Waals surface area contributed by atoms with Crippen LogP contribution in [0.25, 0.3) is 0 Å². The molecule has 0 radical (unpaired) electrons. The molecule has 9 nitrogen and oxygen atoms in total. The molecule has 144 valence electrons. The Labute approximate surface area is 153 Å². The largest absolute Gasteiger partial charge is 0.361 e. The number of sulfonamides is 1. The second kappa shape index (κ2) is 7.90. The first-order valence-electron chi connectivity index (χ1n) is 8.36. The minimum Gasteiger partial charge on any atom is -0.361 e. The monoisotopic (exact) mass is 383 g/mol. The molecular weight excluding hydrogens is 358 g/mol. The van der Waals surface area contributed by atoms with E-state index in [1.165, 1.54) is 17.1 Å². The summed E-state index contributed by atoms with van der Waals surface area (Å²) >= 11 is 0. The summed E-state index contributed by atoms with van der Waals surface area (Å²) in [4.78, 5) is 11.9. The Morgan fingerprint density at radius 1 is 1.31 bits per heavy atom. The van der Waals surface area contributed by atoms with Crippen LogP contribution in [-0.2, 0) is 16.6 Å². The average Bonchev–Trinajstić information content (AvgIpc) is 3.11. The van der Waals surface area contributed by atoms with E-state index in [0.29, 0.717) is 18.2 Å². The van der Waals surface area contributed by atoms with Crippen molar-refractivity contribution in [3.63, 3.8) is 0 Å². The predicted molar refractivity (Wildman–Crippen MR) is 95.2 cm³/mol. The average molecular weight is 383 g/mol. The van der Waals surface area contributed by atoms with Crippen molar-refractivity contribution in [2.75, 3.05) is 6.54 Å². The molecule has 2 N–H and O–H groups in total. The standard InChI is InChI=1S/C16H25N5O4S/c1-10(2)8-21-9-14(7-18-21)26(23,24)20-16(22)17-6-11(3)15-12(4)19-25-13(15)5/h7,9-11H,6,8H2,1-5H3,(H2,17,20,22). The van der Waals surface area contributed by atoms with Gasteiger partial charge in [-0.1, -0.05) is 25.9 Å².